The van der Waals surface area contributed by atoms with Crippen LogP contribution >= 0.6 is 0 Å². The third-order valence-corrected chi connectivity index (χ3v) is 4.99. The molecule has 0 aromatic heterocycles. The predicted octanol–water partition coefficient (Wildman–Crippen LogP) is 2.17. The standard InChI is InChI=1S/C19H25N3O6/c1-12-10-13(8-9-16(12)22(27)28)18(24)20-11-17(23)21-15-7-5-3-2-4-6-14(15)19(25)26/h8-10,14-15H,2-7,11H2,1H3,(H,20,24)(H,21,23)(H,25,26). The van der Waals surface area contributed by atoms with E-state index in [4.69, 9.17) is 0 Å². The fourth-order valence-electron chi connectivity index (χ4n) is 3.47. The smallest absolute Gasteiger partial charge is 0.308 e. The van der Waals surface area contributed by atoms with E-state index in [1.807, 2.05) is 0 Å². The van der Waals surface area contributed by atoms with E-state index < -0.39 is 34.7 Å². The van der Waals surface area contributed by atoms with Crippen LogP contribution in [0.3, 0.4) is 0 Å². The summed E-state index contributed by atoms with van der Waals surface area (Å²) in [6.45, 7) is 1.24. The van der Waals surface area contributed by atoms with Crippen LogP contribution in [0.5, 0.6) is 0 Å². The van der Waals surface area contributed by atoms with Crippen molar-refractivity contribution < 1.29 is 24.4 Å². The first kappa shape index (κ1) is 21.3. The normalized spacial score (nSPS) is 19.8. The van der Waals surface area contributed by atoms with Crippen molar-refractivity contribution in [3.05, 3.63) is 39.4 Å². The molecule has 1 saturated carbocycles. The highest BCUT2D eigenvalue weighted by Gasteiger charge is 2.29. The molecule has 152 valence electrons. The second-order valence-electron chi connectivity index (χ2n) is 7.05. The molecule has 0 heterocycles. The summed E-state index contributed by atoms with van der Waals surface area (Å²) < 4.78 is 0. The predicted molar refractivity (Wildman–Crippen MR) is 101 cm³/mol. The van der Waals surface area contributed by atoms with Gasteiger partial charge in [0.25, 0.3) is 11.6 Å². The number of aryl methyl sites for hydroxylation is 1. The van der Waals surface area contributed by atoms with E-state index in [1.54, 1.807) is 0 Å². The number of nitro benzene ring substituents is 1. The Morgan fingerprint density at radius 2 is 1.86 bits per heavy atom. The number of hydrogen-bond donors (Lipinski definition) is 3. The number of nitrogens with zero attached hydrogens (tertiary/aromatic N) is 1. The zero-order valence-corrected chi connectivity index (χ0v) is 15.8. The first-order chi connectivity index (χ1) is 13.3. The fourth-order valence-corrected chi connectivity index (χ4v) is 3.47. The van der Waals surface area contributed by atoms with Gasteiger partial charge in [-0.3, -0.25) is 24.5 Å². The molecule has 2 rings (SSSR count). The number of carboxylic acid groups (broad SMARTS) is 1. The molecular weight excluding hydrogens is 366 g/mol. The van der Waals surface area contributed by atoms with Crippen LogP contribution in [0.1, 0.15) is 54.4 Å². The maximum atomic E-state index is 12.2. The van der Waals surface area contributed by atoms with Gasteiger partial charge < -0.3 is 15.7 Å². The van der Waals surface area contributed by atoms with E-state index >= 15 is 0 Å². The molecule has 2 unspecified atom stereocenters. The Labute approximate surface area is 162 Å². The van der Waals surface area contributed by atoms with Crippen molar-refractivity contribution in [2.75, 3.05) is 6.54 Å². The molecule has 9 nitrogen and oxygen atoms in total. The Morgan fingerprint density at radius 1 is 1.18 bits per heavy atom. The molecular formula is C19H25N3O6. The maximum Gasteiger partial charge on any atom is 0.308 e. The van der Waals surface area contributed by atoms with Crippen molar-refractivity contribution in [1.82, 2.24) is 10.6 Å². The van der Waals surface area contributed by atoms with Gasteiger partial charge in [-0.2, -0.15) is 0 Å². The number of amides is 2. The van der Waals surface area contributed by atoms with Gasteiger partial charge in [0.1, 0.15) is 0 Å². The van der Waals surface area contributed by atoms with Crippen LogP contribution in [0.4, 0.5) is 5.69 Å². The Balaban J connectivity index is 1.93. The summed E-state index contributed by atoms with van der Waals surface area (Å²) in [6, 6.07) is 3.51. The van der Waals surface area contributed by atoms with E-state index in [1.165, 1.54) is 25.1 Å². The monoisotopic (exact) mass is 391 g/mol. The van der Waals surface area contributed by atoms with Gasteiger partial charge in [0, 0.05) is 23.2 Å². The average Bonchev–Trinajstić information content (AvgIpc) is 2.61. The van der Waals surface area contributed by atoms with Crippen molar-refractivity contribution in [3.8, 4) is 0 Å². The lowest BCUT2D eigenvalue weighted by Gasteiger charge is -2.27. The quantitative estimate of drug-likeness (QED) is 0.502. The van der Waals surface area contributed by atoms with Gasteiger partial charge in [0.15, 0.2) is 0 Å². The highest BCUT2D eigenvalue weighted by atomic mass is 16.6. The molecule has 1 fully saturated rings. The highest BCUT2D eigenvalue weighted by Crippen LogP contribution is 2.23. The van der Waals surface area contributed by atoms with E-state index in [9.17, 15) is 29.6 Å². The van der Waals surface area contributed by atoms with Gasteiger partial charge in [-0.25, -0.2) is 0 Å². The number of rotatable bonds is 6. The summed E-state index contributed by atoms with van der Waals surface area (Å²) in [4.78, 5) is 46.2. The summed E-state index contributed by atoms with van der Waals surface area (Å²) in [5, 5.41) is 25.5. The molecule has 1 aliphatic carbocycles. The largest absolute Gasteiger partial charge is 0.481 e. The molecule has 0 aliphatic heterocycles. The highest BCUT2D eigenvalue weighted by molar-refractivity contribution is 5.97. The number of nitro groups is 1. The first-order valence-corrected chi connectivity index (χ1v) is 9.35. The average molecular weight is 391 g/mol. The summed E-state index contributed by atoms with van der Waals surface area (Å²) in [5.41, 5.74) is 0.476. The fraction of sp³-hybridized carbons (Fsp3) is 0.526. The van der Waals surface area contributed by atoms with Crippen LogP contribution in [0.2, 0.25) is 0 Å². The molecule has 0 bridgehead atoms. The first-order valence-electron chi connectivity index (χ1n) is 9.35. The van der Waals surface area contributed by atoms with Crippen LogP contribution in [0.25, 0.3) is 0 Å². The minimum absolute atomic E-state index is 0.0849. The number of carboxylic acids is 1. The van der Waals surface area contributed by atoms with Crippen molar-refractivity contribution in [1.29, 1.82) is 0 Å². The van der Waals surface area contributed by atoms with Crippen LogP contribution in [0.15, 0.2) is 18.2 Å². The zero-order valence-electron chi connectivity index (χ0n) is 15.8. The van der Waals surface area contributed by atoms with Gasteiger partial charge in [0.05, 0.1) is 17.4 Å². The molecule has 2 amide bonds. The minimum Gasteiger partial charge on any atom is -0.481 e. The Hall–Kier alpha value is -2.97. The molecule has 9 heteroatoms. The zero-order chi connectivity index (χ0) is 20.7. The lowest BCUT2D eigenvalue weighted by atomic mass is 9.87. The van der Waals surface area contributed by atoms with Gasteiger partial charge in [-0.05, 0) is 31.9 Å². The minimum atomic E-state index is -0.919. The number of aliphatic carboxylic acids is 1. The topological polar surface area (TPSA) is 139 Å². The van der Waals surface area contributed by atoms with Gasteiger partial charge in [0.2, 0.25) is 5.91 Å². The van der Waals surface area contributed by atoms with E-state index in [0.717, 1.165) is 25.7 Å². The molecule has 0 saturated heterocycles. The Kier molecular flexibility index (Phi) is 7.48. The van der Waals surface area contributed by atoms with Gasteiger partial charge in [-0.1, -0.05) is 25.7 Å². The van der Waals surface area contributed by atoms with Crippen molar-refractivity contribution in [2.24, 2.45) is 5.92 Å². The molecule has 28 heavy (non-hydrogen) atoms. The SMILES string of the molecule is Cc1cc(C(=O)NCC(=O)NC2CCCCCCC2C(=O)O)ccc1[N+](=O)[O-]. The molecule has 3 N–H and O–H groups in total. The van der Waals surface area contributed by atoms with Crippen LogP contribution < -0.4 is 10.6 Å². The second kappa shape index (κ2) is 9.82. The lowest BCUT2D eigenvalue weighted by molar-refractivity contribution is -0.385. The second-order valence-corrected chi connectivity index (χ2v) is 7.05. The molecule has 2 atom stereocenters. The molecule has 1 aromatic rings. The number of carbonyl (C=O) groups is 3. The Morgan fingerprint density at radius 3 is 2.46 bits per heavy atom. The van der Waals surface area contributed by atoms with Gasteiger partial charge in [-0.15, -0.1) is 0 Å². The summed E-state index contributed by atoms with van der Waals surface area (Å²) in [5.74, 6) is -2.53. The molecule has 1 aromatic carbocycles. The third kappa shape index (κ3) is 5.77. The molecule has 0 spiro atoms. The summed E-state index contributed by atoms with van der Waals surface area (Å²) in [7, 11) is 0. The third-order valence-electron chi connectivity index (χ3n) is 4.99. The lowest BCUT2D eigenvalue weighted by Crippen LogP contribution is -2.47. The number of nitrogens with one attached hydrogen (secondary N) is 2. The summed E-state index contributed by atoms with van der Waals surface area (Å²) in [6.07, 6.45) is 4.79. The van der Waals surface area contributed by atoms with Crippen LogP contribution in [-0.2, 0) is 9.59 Å². The number of benzene rings is 1. The summed E-state index contributed by atoms with van der Waals surface area (Å²) >= 11 is 0. The Bertz CT molecular complexity index is 764. The van der Waals surface area contributed by atoms with E-state index in [2.05, 4.69) is 10.6 Å². The van der Waals surface area contributed by atoms with E-state index in [-0.39, 0.29) is 17.8 Å². The van der Waals surface area contributed by atoms with Crippen molar-refractivity contribution >= 4 is 23.5 Å². The van der Waals surface area contributed by atoms with Gasteiger partial charge >= 0.3 is 5.97 Å². The number of carbonyl (C=O) groups excluding carboxylic acids is 2. The van der Waals surface area contributed by atoms with Crippen molar-refractivity contribution in [3.63, 3.8) is 0 Å². The number of hydrogen-bond acceptors (Lipinski definition) is 5. The van der Waals surface area contributed by atoms with Crippen LogP contribution in [-0.4, -0.2) is 40.4 Å². The maximum absolute atomic E-state index is 12.2. The van der Waals surface area contributed by atoms with Crippen LogP contribution in [0, 0.1) is 23.0 Å². The molecule has 1 aliphatic rings. The van der Waals surface area contributed by atoms with Crippen molar-refractivity contribution in [2.45, 2.75) is 51.5 Å². The van der Waals surface area contributed by atoms with E-state index in [0.29, 0.717) is 18.4 Å². The molecule has 0 radical (unpaired) electrons.